The molecule has 5 nitrogen and oxygen atoms in total. The Labute approximate surface area is 134 Å². The second kappa shape index (κ2) is 6.69. The van der Waals surface area contributed by atoms with E-state index in [0.29, 0.717) is 20.7 Å². The summed E-state index contributed by atoms with van der Waals surface area (Å²) < 4.78 is 0.528. The van der Waals surface area contributed by atoms with E-state index in [4.69, 9.17) is 11.6 Å². The number of anilines is 1. The molecule has 0 saturated heterocycles. The third-order valence-electron chi connectivity index (χ3n) is 2.77. The van der Waals surface area contributed by atoms with Crippen LogP contribution >= 0.6 is 27.5 Å². The number of nitro groups is 1. The quantitative estimate of drug-likeness (QED) is 0.484. The van der Waals surface area contributed by atoms with Gasteiger partial charge in [-0.05, 0) is 46.3 Å². The second-order valence-corrected chi connectivity index (χ2v) is 5.50. The number of halogens is 2. The summed E-state index contributed by atoms with van der Waals surface area (Å²) in [5.41, 5.74) is 1.14. The summed E-state index contributed by atoms with van der Waals surface area (Å²) in [5, 5.41) is 14.1. The molecule has 0 atom stereocenters. The van der Waals surface area contributed by atoms with Gasteiger partial charge in [0.25, 0.3) is 5.69 Å². The lowest BCUT2D eigenvalue weighted by Crippen LogP contribution is -2.14. The van der Waals surface area contributed by atoms with E-state index in [9.17, 15) is 14.9 Å². The molecule has 0 radical (unpaired) electrons. The van der Waals surface area contributed by atoms with Gasteiger partial charge in [0.2, 0.25) is 0 Å². The lowest BCUT2D eigenvalue weighted by atomic mass is 10.1. The highest BCUT2D eigenvalue weighted by molar-refractivity contribution is 9.10. The first kappa shape index (κ1) is 15.5. The van der Waals surface area contributed by atoms with Crippen molar-refractivity contribution < 1.29 is 9.72 Å². The topological polar surface area (TPSA) is 72.2 Å². The number of benzene rings is 2. The third-order valence-corrected chi connectivity index (χ3v) is 3.68. The normalized spacial score (nSPS) is 10.2. The zero-order chi connectivity index (χ0) is 15.4. The predicted octanol–water partition coefficient (Wildman–Crippen LogP) is 4.31. The lowest BCUT2D eigenvalue weighted by Gasteiger charge is -2.08. The minimum atomic E-state index is -0.479. The molecule has 108 valence electrons. The zero-order valence-corrected chi connectivity index (χ0v) is 13.0. The number of ketones is 1. The Kier molecular flexibility index (Phi) is 4.93. The molecule has 0 fully saturated rings. The first-order valence-corrected chi connectivity index (χ1v) is 7.11. The number of carbonyl (C=O) groups excluding carboxylic acids is 1. The van der Waals surface area contributed by atoms with Crippen LogP contribution in [-0.2, 0) is 0 Å². The van der Waals surface area contributed by atoms with E-state index in [1.807, 2.05) is 0 Å². The summed E-state index contributed by atoms with van der Waals surface area (Å²) in [7, 11) is 0. The van der Waals surface area contributed by atoms with Gasteiger partial charge in [0, 0.05) is 32.9 Å². The van der Waals surface area contributed by atoms with Crippen molar-refractivity contribution in [3.8, 4) is 0 Å². The molecule has 21 heavy (non-hydrogen) atoms. The van der Waals surface area contributed by atoms with Crippen LogP contribution < -0.4 is 5.32 Å². The van der Waals surface area contributed by atoms with Crippen molar-refractivity contribution in [2.45, 2.75) is 0 Å². The minimum absolute atomic E-state index is 0.0172. The molecule has 0 spiro atoms. The Balaban J connectivity index is 2.04. The van der Waals surface area contributed by atoms with Crippen LogP contribution in [0.1, 0.15) is 10.4 Å². The molecule has 0 heterocycles. The van der Waals surface area contributed by atoms with Crippen molar-refractivity contribution in [3.63, 3.8) is 0 Å². The van der Waals surface area contributed by atoms with Gasteiger partial charge >= 0.3 is 0 Å². The SMILES string of the molecule is O=C(CNc1ccc([N+](=O)[O-])cc1Br)c1ccc(Cl)cc1. The summed E-state index contributed by atoms with van der Waals surface area (Å²) in [6.07, 6.45) is 0. The maximum Gasteiger partial charge on any atom is 0.270 e. The molecule has 1 N–H and O–H groups in total. The standard InChI is InChI=1S/C14H10BrClN2O3/c15-12-7-11(18(20)21)5-6-13(12)17-8-14(19)9-1-3-10(16)4-2-9/h1-7,17H,8H2. The fourth-order valence-corrected chi connectivity index (χ4v) is 2.31. The molecule has 2 rings (SSSR count). The van der Waals surface area contributed by atoms with Gasteiger partial charge in [-0.1, -0.05) is 11.6 Å². The Bertz CT molecular complexity index is 689. The monoisotopic (exact) mass is 368 g/mol. The molecule has 7 heteroatoms. The van der Waals surface area contributed by atoms with E-state index in [2.05, 4.69) is 21.2 Å². The van der Waals surface area contributed by atoms with E-state index in [0.717, 1.165) is 0 Å². The molecule has 0 unspecified atom stereocenters. The zero-order valence-electron chi connectivity index (χ0n) is 10.7. The van der Waals surface area contributed by atoms with Gasteiger partial charge in [-0.25, -0.2) is 0 Å². The number of hydrogen-bond donors (Lipinski definition) is 1. The summed E-state index contributed by atoms with van der Waals surface area (Å²) in [4.78, 5) is 22.2. The van der Waals surface area contributed by atoms with E-state index >= 15 is 0 Å². The number of carbonyl (C=O) groups is 1. The van der Waals surface area contributed by atoms with Gasteiger partial charge in [-0.2, -0.15) is 0 Å². The van der Waals surface area contributed by atoms with Gasteiger partial charge < -0.3 is 5.32 Å². The van der Waals surface area contributed by atoms with Crippen LogP contribution in [-0.4, -0.2) is 17.3 Å². The summed E-state index contributed by atoms with van der Waals surface area (Å²) in [5.74, 6) is -0.100. The van der Waals surface area contributed by atoms with E-state index in [1.54, 1.807) is 30.3 Å². The number of nitro benzene ring substituents is 1. The number of hydrogen-bond acceptors (Lipinski definition) is 4. The first-order valence-electron chi connectivity index (χ1n) is 5.94. The highest BCUT2D eigenvalue weighted by Gasteiger charge is 2.10. The van der Waals surface area contributed by atoms with Crippen LogP contribution in [0.2, 0.25) is 5.02 Å². The third kappa shape index (κ3) is 4.03. The Hall–Kier alpha value is -1.92. The van der Waals surface area contributed by atoms with Crippen LogP contribution in [0.25, 0.3) is 0 Å². The molecule has 2 aromatic carbocycles. The fraction of sp³-hybridized carbons (Fsp3) is 0.0714. The van der Waals surface area contributed by atoms with Gasteiger partial charge in [0.1, 0.15) is 0 Å². The molecule has 2 aromatic rings. The van der Waals surface area contributed by atoms with Crippen molar-refractivity contribution in [2.75, 3.05) is 11.9 Å². The second-order valence-electron chi connectivity index (χ2n) is 4.20. The largest absolute Gasteiger partial charge is 0.377 e. The number of nitrogens with zero attached hydrogens (tertiary/aromatic N) is 1. The van der Waals surface area contributed by atoms with Crippen molar-refractivity contribution in [2.24, 2.45) is 0 Å². The first-order chi connectivity index (χ1) is 9.97. The lowest BCUT2D eigenvalue weighted by molar-refractivity contribution is -0.384. The summed E-state index contributed by atoms with van der Waals surface area (Å²) in [6.45, 7) is 0.0814. The molecule has 0 aromatic heterocycles. The maximum absolute atomic E-state index is 12.0. The van der Waals surface area contributed by atoms with E-state index in [-0.39, 0.29) is 18.0 Å². The Morgan fingerprint density at radius 3 is 2.48 bits per heavy atom. The van der Waals surface area contributed by atoms with Gasteiger partial charge in [-0.3, -0.25) is 14.9 Å². The molecule has 0 aliphatic heterocycles. The van der Waals surface area contributed by atoms with Gasteiger partial charge in [0.15, 0.2) is 5.78 Å². The van der Waals surface area contributed by atoms with Crippen LogP contribution in [0.5, 0.6) is 0 Å². The van der Waals surface area contributed by atoms with Crippen LogP contribution in [0.4, 0.5) is 11.4 Å². The number of Topliss-reactive ketones (excluding diaryl/α,β-unsaturated/α-hetero) is 1. The summed E-state index contributed by atoms with van der Waals surface area (Å²) >= 11 is 9.00. The molecular weight excluding hydrogens is 360 g/mol. The van der Waals surface area contributed by atoms with Crippen molar-refractivity contribution in [1.29, 1.82) is 0 Å². The van der Waals surface area contributed by atoms with Crippen LogP contribution in [0.15, 0.2) is 46.9 Å². The Morgan fingerprint density at radius 1 is 1.24 bits per heavy atom. The predicted molar refractivity (Wildman–Crippen MR) is 85.1 cm³/mol. The van der Waals surface area contributed by atoms with Crippen molar-refractivity contribution >= 4 is 44.7 Å². The number of non-ortho nitro benzene ring substituents is 1. The number of nitrogens with one attached hydrogen (secondary N) is 1. The molecule has 0 bridgehead atoms. The van der Waals surface area contributed by atoms with Gasteiger partial charge in [-0.15, -0.1) is 0 Å². The van der Waals surface area contributed by atoms with Crippen LogP contribution in [0, 0.1) is 10.1 Å². The highest BCUT2D eigenvalue weighted by atomic mass is 79.9. The van der Waals surface area contributed by atoms with Crippen LogP contribution in [0.3, 0.4) is 0 Å². The van der Waals surface area contributed by atoms with E-state index < -0.39 is 4.92 Å². The smallest absolute Gasteiger partial charge is 0.270 e. The average Bonchev–Trinajstić information content (AvgIpc) is 2.46. The minimum Gasteiger partial charge on any atom is -0.377 e. The Morgan fingerprint density at radius 2 is 1.90 bits per heavy atom. The maximum atomic E-state index is 12.0. The molecule has 0 amide bonds. The fourth-order valence-electron chi connectivity index (χ4n) is 1.67. The van der Waals surface area contributed by atoms with E-state index in [1.165, 1.54) is 12.1 Å². The molecule has 0 aliphatic carbocycles. The average molecular weight is 370 g/mol. The highest BCUT2D eigenvalue weighted by Crippen LogP contribution is 2.27. The molecule has 0 saturated carbocycles. The summed E-state index contributed by atoms with van der Waals surface area (Å²) in [6, 6.07) is 10.9. The van der Waals surface area contributed by atoms with Gasteiger partial charge in [0.05, 0.1) is 11.5 Å². The molecule has 0 aliphatic rings. The molecular formula is C14H10BrClN2O3. The van der Waals surface area contributed by atoms with Crippen molar-refractivity contribution in [1.82, 2.24) is 0 Å². The number of rotatable bonds is 5. The van der Waals surface area contributed by atoms with Crippen molar-refractivity contribution in [3.05, 3.63) is 67.6 Å².